The third-order valence-electron chi connectivity index (χ3n) is 2.38. The Kier molecular flexibility index (Phi) is 3.98. The first-order valence-corrected chi connectivity index (χ1v) is 5.19. The number of nitrogens with zero attached hydrogens (tertiary/aromatic N) is 1. The third kappa shape index (κ3) is 2.49. The van der Waals surface area contributed by atoms with Gasteiger partial charge in [0.15, 0.2) is 0 Å². The van der Waals surface area contributed by atoms with E-state index in [2.05, 4.69) is 19.1 Å². The van der Waals surface area contributed by atoms with Crippen molar-refractivity contribution in [3.05, 3.63) is 33.9 Å². The Morgan fingerprint density at radius 3 is 2.86 bits per heavy atom. The van der Waals surface area contributed by atoms with Gasteiger partial charge in [0.1, 0.15) is 0 Å². The number of hydrogen-bond acceptors (Lipinski definition) is 1. The number of allylic oxidation sites excluding steroid dienone is 6. The van der Waals surface area contributed by atoms with Gasteiger partial charge in [-0.25, -0.2) is 0 Å². The predicted molar refractivity (Wildman–Crippen MR) is 59.9 cm³/mol. The fraction of sp³-hybridized carbons (Fsp3) is 0.417. The van der Waals surface area contributed by atoms with Crippen LogP contribution in [0.3, 0.4) is 0 Å². The molecule has 1 rings (SSSR count). The maximum atomic E-state index is 8.62. The van der Waals surface area contributed by atoms with E-state index >= 15 is 0 Å². The molecule has 0 fully saturated rings. The number of rotatable bonds is 2. The van der Waals surface area contributed by atoms with Crippen molar-refractivity contribution in [2.45, 2.75) is 33.1 Å². The van der Waals surface area contributed by atoms with Crippen molar-refractivity contribution in [1.29, 1.82) is 5.26 Å². The first-order chi connectivity index (χ1) is 6.69. The SMILES string of the molecule is CCC1=C(Cl)C(C)=CC(CC#N)=CC1. The molecule has 1 aliphatic rings. The Balaban J connectivity index is 2.98. The van der Waals surface area contributed by atoms with E-state index in [1.807, 2.05) is 13.0 Å². The van der Waals surface area contributed by atoms with Crippen molar-refractivity contribution in [1.82, 2.24) is 0 Å². The zero-order valence-corrected chi connectivity index (χ0v) is 9.36. The molecular formula is C12H14ClN. The molecule has 1 aliphatic carbocycles. The van der Waals surface area contributed by atoms with Crippen LogP contribution in [0.1, 0.15) is 33.1 Å². The van der Waals surface area contributed by atoms with Gasteiger partial charge in [0.05, 0.1) is 12.5 Å². The molecule has 74 valence electrons. The lowest BCUT2D eigenvalue weighted by Crippen LogP contribution is -1.84. The van der Waals surface area contributed by atoms with Crippen LogP contribution in [0.4, 0.5) is 0 Å². The largest absolute Gasteiger partial charge is 0.198 e. The Labute approximate surface area is 90.4 Å². The zero-order chi connectivity index (χ0) is 10.6. The van der Waals surface area contributed by atoms with Crippen molar-refractivity contribution in [3.8, 4) is 6.07 Å². The average molecular weight is 208 g/mol. The number of hydrogen-bond donors (Lipinski definition) is 0. The van der Waals surface area contributed by atoms with Crippen molar-refractivity contribution >= 4 is 11.6 Å². The second kappa shape index (κ2) is 5.02. The average Bonchev–Trinajstić information content (AvgIpc) is 2.29. The first kappa shape index (κ1) is 11.1. The molecule has 0 atom stereocenters. The van der Waals surface area contributed by atoms with Crippen LogP contribution < -0.4 is 0 Å². The molecule has 0 aromatic heterocycles. The highest BCUT2D eigenvalue weighted by Gasteiger charge is 2.08. The molecular weight excluding hydrogens is 194 g/mol. The van der Waals surface area contributed by atoms with Gasteiger partial charge in [0.2, 0.25) is 0 Å². The highest BCUT2D eigenvalue weighted by molar-refractivity contribution is 6.32. The summed E-state index contributed by atoms with van der Waals surface area (Å²) >= 11 is 6.20. The number of nitriles is 1. The molecule has 0 aliphatic heterocycles. The van der Waals surface area contributed by atoms with E-state index in [9.17, 15) is 0 Å². The maximum Gasteiger partial charge on any atom is 0.0669 e. The van der Waals surface area contributed by atoms with Gasteiger partial charge in [-0.2, -0.15) is 5.26 Å². The van der Waals surface area contributed by atoms with Gasteiger partial charge in [0, 0.05) is 5.03 Å². The van der Waals surface area contributed by atoms with Crippen LogP contribution in [-0.4, -0.2) is 0 Å². The summed E-state index contributed by atoms with van der Waals surface area (Å²) in [6, 6.07) is 2.16. The van der Waals surface area contributed by atoms with E-state index in [0.717, 1.165) is 29.0 Å². The molecule has 2 heteroatoms. The molecule has 0 amide bonds. The van der Waals surface area contributed by atoms with Crippen molar-refractivity contribution < 1.29 is 0 Å². The van der Waals surface area contributed by atoms with Crippen LogP contribution in [0, 0.1) is 11.3 Å². The monoisotopic (exact) mass is 207 g/mol. The molecule has 0 aromatic carbocycles. The summed E-state index contributed by atoms with van der Waals surface area (Å²) < 4.78 is 0. The minimum absolute atomic E-state index is 0.471. The molecule has 0 bridgehead atoms. The van der Waals surface area contributed by atoms with Crippen molar-refractivity contribution in [3.63, 3.8) is 0 Å². The molecule has 0 N–H and O–H groups in total. The van der Waals surface area contributed by atoms with Crippen LogP contribution >= 0.6 is 11.6 Å². The van der Waals surface area contributed by atoms with E-state index in [4.69, 9.17) is 16.9 Å². The predicted octanol–water partition coefficient (Wildman–Crippen LogP) is 4.08. The lowest BCUT2D eigenvalue weighted by molar-refractivity contribution is 1.02. The van der Waals surface area contributed by atoms with Gasteiger partial charge >= 0.3 is 0 Å². The quantitative estimate of drug-likeness (QED) is 0.670. The summed E-state index contributed by atoms with van der Waals surface area (Å²) in [5.41, 5.74) is 3.41. The van der Waals surface area contributed by atoms with E-state index in [1.165, 1.54) is 5.57 Å². The summed E-state index contributed by atoms with van der Waals surface area (Å²) in [5, 5.41) is 9.49. The summed E-state index contributed by atoms with van der Waals surface area (Å²) in [5.74, 6) is 0. The summed E-state index contributed by atoms with van der Waals surface area (Å²) in [6.45, 7) is 4.10. The highest BCUT2D eigenvalue weighted by Crippen LogP contribution is 2.29. The van der Waals surface area contributed by atoms with Crippen LogP contribution in [0.2, 0.25) is 0 Å². The molecule has 0 unspecified atom stereocenters. The fourth-order valence-corrected chi connectivity index (χ4v) is 1.80. The lowest BCUT2D eigenvalue weighted by atomic mass is 10.1. The molecule has 1 nitrogen and oxygen atoms in total. The zero-order valence-electron chi connectivity index (χ0n) is 8.60. The Hall–Kier alpha value is -1.00. The Morgan fingerprint density at radius 1 is 1.57 bits per heavy atom. The normalized spacial score (nSPS) is 17.0. The molecule has 0 radical (unpaired) electrons. The van der Waals surface area contributed by atoms with Gasteiger partial charge in [0.25, 0.3) is 0 Å². The lowest BCUT2D eigenvalue weighted by Gasteiger charge is -2.03. The minimum Gasteiger partial charge on any atom is -0.198 e. The van der Waals surface area contributed by atoms with Crippen LogP contribution in [0.15, 0.2) is 33.9 Å². The molecule has 0 aromatic rings. The number of halogens is 1. The minimum atomic E-state index is 0.471. The van der Waals surface area contributed by atoms with E-state index in [1.54, 1.807) is 0 Å². The summed E-state index contributed by atoms with van der Waals surface area (Å²) in [7, 11) is 0. The highest BCUT2D eigenvalue weighted by atomic mass is 35.5. The van der Waals surface area contributed by atoms with Gasteiger partial charge in [-0.15, -0.1) is 0 Å². The van der Waals surface area contributed by atoms with E-state index < -0.39 is 0 Å². The van der Waals surface area contributed by atoms with Crippen LogP contribution in [-0.2, 0) is 0 Å². The van der Waals surface area contributed by atoms with Gasteiger partial charge in [-0.3, -0.25) is 0 Å². The summed E-state index contributed by atoms with van der Waals surface area (Å²) in [4.78, 5) is 0. The van der Waals surface area contributed by atoms with E-state index in [0.29, 0.717) is 6.42 Å². The van der Waals surface area contributed by atoms with Gasteiger partial charge < -0.3 is 0 Å². The Bertz CT molecular complexity index is 353. The van der Waals surface area contributed by atoms with Crippen LogP contribution in [0.5, 0.6) is 0 Å². The fourth-order valence-electron chi connectivity index (χ4n) is 1.54. The molecule has 0 spiro atoms. The summed E-state index contributed by atoms with van der Waals surface area (Å²) in [6.07, 6.45) is 6.42. The van der Waals surface area contributed by atoms with Crippen molar-refractivity contribution in [2.24, 2.45) is 0 Å². The third-order valence-corrected chi connectivity index (χ3v) is 2.94. The van der Waals surface area contributed by atoms with E-state index in [-0.39, 0.29) is 0 Å². The van der Waals surface area contributed by atoms with Gasteiger partial charge in [-0.1, -0.05) is 30.7 Å². The maximum absolute atomic E-state index is 8.62. The first-order valence-electron chi connectivity index (χ1n) is 4.81. The molecule has 0 heterocycles. The standard InChI is InChI=1S/C12H14ClN/c1-3-11-5-4-10(6-7-14)8-9(2)12(11)13/h4,8H,3,5-6H2,1-2H3. The molecule has 0 saturated heterocycles. The topological polar surface area (TPSA) is 23.8 Å². The van der Waals surface area contributed by atoms with Crippen LogP contribution in [0.25, 0.3) is 0 Å². The second-order valence-electron chi connectivity index (χ2n) is 3.42. The second-order valence-corrected chi connectivity index (χ2v) is 3.79. The molecule has 0 saturated carbocycles. The van der Waals surface area contributed by atoms with Gasteiger partial charge in [-0.05, 0) is 36.5 Å². The molecule has 14 heavy (non-hydrogen) atoms. The Morgan fingerprint density at radius 2 is 2.29 bits per heavy atom. The smallest absolute Gasteiger partial charge is 0.0669 e. The van der Waals surface area contributed by atoms with Crippen molar-refractivity contribution in [2.75, 3.05) is 0 Å².